The van der Waals surface area contributed by atoms with Crippen molar-refractivity contribution in [2.45, 2.75) is 11.3 Å². The van der Waals surface area contributed by atoms with Crippen LogP contribution in [-0.2, 0) is 11.2 Å². The molecule has 0 heterocycles. The smallest absolute Gasteiger partial charge is 0.230 e. The zero-order valence-corrected chi connectivity index (χ0v) is 12.4. The molecule has 0 bridgehead atoms. The number of hydrogen-bond acceptors (Lipinski definition) is 2. The maximum atomic E-state index is 13.4. The summed E-state index contributed by atoms with van der Waals surface area (Å²) in [4.78, 5) is 11.7. The van der Waals surface area contributed by atoms with Crippen molar-refractivity contribution >= 4 is 17.7 Å². The van der Waals surface area contributed by atoms with Crippen LogP contribution in [0.2, 0.25) is 0 Å². The molecule has 2 nitrogen and oxygen atoms in total. The Bertz CT molecular complexity index is 664. The molecule has 0 fully saturated rings. The highest BCUT2D eigenvalue weighted by atomic mass is 32.2. The van der Waals surface area contributed by atoms with Crippen molar-refractivity contribution in [1.29, 1.82) is 0 Å². The summed E-state index contributed by atoms with van der Waals surface area (Å²) in [6.07, 6.45) is 0.502. The van der Waals surface area contributed by atoms with E-state index in [0.717, 1.165) is 35.5 Å². The van der Waals surface area contributed by atoms with Crippen LogP contribution >= 0.6 is 11.8 Å². The minimum Gasteiger partial charge on any atom is -0.355 e. The van der Waals surface area contributed by atoms with Gasteiger partial charge in [-0.2, -0.15) is 0 Å². The van der Waals surface area contributed by atoms with Crippen LogP contribution in [-0.4, -0.2) is 18.2 Å². The van der Waals surface area contributed by atoms with Crippen LogP contribution in [0.4, 0.5) is 13.2 Å². The first-order chi connectivity index (χ1) is 10.5. The van der Waals surface area contributed by atoms with Gasteiger partial charge in [-0.05, 0) is 42.3 Å². The topological polar surface area (TPSA) is 29.1 Å². The third-order valence-electron chi connectivity index (χ3n) is 2.88. The fraction of sp³-hybridized carbons (Fsp3) is 0.188. The monoisotopic (exact) mass is 325 g/mol. The van der Waals surface area contributed by atoms with Gasteiger partial charge in [-0.3, -0.25) is 4.79 Å². The lowest BCUT2D eigenvalue weighted by Gasteiger charge is -2.06. The van der Waals surface area contributed by atoms with Gasteiger partial charge >= 0.3 is 0 Å². The largest absolute Gasteiger partial charge is 0.355 e. The van der Waals surface area contributed by atoms with E-state index in [1.54, 1.807) is 12.1 Å². The van der Waals surface area contributed by atoms with Crippen molar-refractivity contribution in [2.75, 3.05) is 12.3 Å². The molecule has 0 spiro atoms. The molecule has 0 radical (unpaired) electrons. The number of halogens is 3. The molecule has 2 aromatic rings. The fourth-order valence-corrected chi connectivity index (χ4v) is 2.61. The first-order valence-electron chi connectivity index (χ1n) is 6.63. The number of thioether (sulfide) groups is 1. The Labute approximate surface area is 130 Å². The number of amides is 1. The molecule has 0 saturated heterocycles. The van der Waals surface area contributed by atoms with E-state index in [2.05, 4.69) is 5.32 Å². The van der Waals surface area contributed by atoms with Crippen molar-refractivity contribution in [3.05, 3.63) is 65.5 Å². The van der Waals surface area contributed by atoms with E-state index in [1.165, 1.54) is 12.1 Å². The van der Waals surface area contributed by atoms with Gasteiger partial charge in [-0.15, -0.1) is 11.8 Å². The van der Waals surface area contributed by atoms with Crippen molar-refractivity contribution in [3.63, 3.8) is 0 Å². The normalized spacial score (nSPS) is 10.5. The molecule has 0 atom stereocenters. The zero-order valence-electron chi connectivity index (χ0n) is 11.6. The number of carbonyl (C=O) groups is 1. The van der Waals surface area contributed by atoms with E-state index in [4.69, 9.17) is 0 Å². The summed E-state index contributed by atoms with van der Waals surface area (Å²) < 4.78 is 39.3. The molecular formula is C16H14F3NOS. The van der Waals surface area contributed by atoms with Crippen molar-refractivity contribution in [2.24, 2.45) is 0 Å². The number of rotatable bonds is 6. The number of hydrogen-bond donors (Lipinski definition) is 1. The molecule has 6 heteroatoms. The lowest BCUT2D eigenvalue weighted by Crippen LogP contribution is -2.27. The molecule has 1 amide bonds. The van der Waals surface area contributed by atoms with Crippen LogP contribution in [0.1, 0.15) is 5.56 Å². The Hall–Kier alpha value is -1.95. The quantitative estimate of drug-likeness (QED) is 0.823. The predicted octanol–water partition coefficient (Wildman–Crippen LogP) is 3.55. The average Bonchev–Trinajstić information content (AvgIpc) is 2.48. The van der Waals surface area contributed by atoms with Gasteiger partial charge in [0.05, 0.1) is 5.75 Å². The number of benzene rings is 2. The Morgan fingerprint density at radius 1 is 1.05 bits per heavy atom. The minimum atomic E-state index is -0.557. The van der Waals surface area contributed by atoms with Crippen molar-refractivity contribution in [1.82, 2.24) is 5.32 Å². The fourth-order valence-electron chi connectivity index (χ4n) is 1.82. The van der Waals surface area contributed by atoms with Gasteiger partial charge in [0, 0.05) is 11.4 Å². The minimum absolute atomic E-state index is 0.0104. The highest BCUT2D eigenvalue weighted by molar-refractivity contribution is 8.00. The molecule has 0 aliphatic rings. The summed E-state index contributed by atoms with van der Waals surface area (Å²) >= 11 is 0.931. The van der Waals surface area contributed by atoms with Gasteiger partial charge in [0.2, 0.25) is 5.91 Å². The summed E-state index contributed by atoms with van der Waals surface area (Å²) in [6.45, 7) is 0.356. The highest BCUT2D eigenvalue weighted by Crippen LogP contribution is 2.22. The predicted molar refractivity (Wildman–Crippen MR) is 80.2 cm³/mol. The summed E-state index contributed by atoms with van der Waals surface area (Å²) in [6, 6.07) is 9.24. The molecule has 0 aromatic heterocycles. The molecule has 0 saturated carbocycles. The van der Waals surface area contributed by atoms with E-state index in [-0.39, 0.29) is 22.4 Å². The first kappa shape index (κ1) is 16.4. The maximum absolute atomic E-state index is 13.4. The Kier molecular flexibility index (Phi) is 5.89. The molecule has 2 aromatic carbocycles. The van der Waals surface area contributed by atoms with Gasteiger partial charge in [0.25, 0.3) is 0 Å². The third kappa shape index (κ3) is 5.11. The van der Waals surface area contributed by atoms with Gasteiger partial charge in [0.1, 0.15) is 17.5 Å². The van der Waals surface area contributed by atoms with Crippen LogP contribution in [0, 0.1) is 17.5 Å². The lowest BCUT2D eigenvalue weighted by atomic mass is 10.1. The molecule has 116 valence electrons. The van der Waals surface area contributed by atoms with Crippen LogP contribution in [0.3, 0.4) is 0 Å². The summed E-state index contributed by atoms with van der Waals surface area (Å²) in [7, 11) is 0. The molecule has 0 aliphatic heterocycles. The number of carbonyl (C=O) groups excluding carboxylic acids is 1. The zero-order chi connectivity index (χ0) is 15.9. The maximum Gasteiger partial charge on any atom is 0.230 e. The summed E-state index contributed by atoms with van der Waals surface area (Å²) in [5.74, 6) is -1.72. The Balaban J connectivity index is 1.75. The van der Waals surface area contributed by atoms with Crippen LogP contribution < -0.4 is 5.32 Å². The molecule has 22 heavy (non-hydrogen) atoms. The van der Waals surface area contributed by atoms with Gasteiger partial charge in [-0.1, -0.05) is 12.1 Å². The second-order valence-electron chi connectivity index (χ2n) is 4.59. The van der Waals surface area contributed by atoms with E-state index in [0.29, 0.717) is 13.0 Å². The van der Waals surface area contributed by atoms with E-state index in [1.807, 2.05) is 0 Å². The molecular weight excluding hydrogens is 311 g/mol. The molecule has 1 N–H and O–H groups in total. The highest BCUT2D eigenvalue weighted by Gasteiger charge is 2.08. The summed E-state index contributed by atoms with van der Waals surface area (Å²) in [5.41, 5.74) is 0.782. The standard InChI is InChI=1S/C16H14F3NOS/c17-12-3-1-2-11(8-12)6-7-20-16(21)10-22-15-9-13(18)4-5-14(15)19/h1-5,8-9H,6-7,10H2,(H,20,21). The van der Waals surface area contributed by atoms with Crippen molar-refractivity contribution in [3.8, 4) is 0 Å². The molecule has 0 aliphatic carbocycles. The van der Waals surface area contributed by atoms with Crippen LogP contribution in [0.5, 0.6) is 0 Å². The van der Waals surface area contributed by atoms with Gasteiger partial charge < -0.3 is 5.32 Å². The summed E-state index contributed by atoms with van der Waals surface area (Å²) in [5, 5.41) is 2.66. The first-order valence-corrected chi connectivity index (χ1v) is 7.62. The lowest BCUT2D eigenvalue weighted by molar-refractivity contribution is -0.118. The van der Waals surface area contributed by atoms with Gasteiger partial charge in [-0.25, -0.2) is 13.2 Å². The second-order valence-corrected chi connectivity index (χ2v) is 5.61. The van der Waals surface area contributed by atoms with Crippen molar-refractivity contribution < 1.29 is 18.0 Å². The van der Waals surface area contributed by atoms with Crippen LogP contribution in [0.15, 0.2) is 47.4 Å². The molecule has 2 rings (SSSR count). The average molecular weight is 325 g/mol. The number of nitrogens with one attached hydrogen (secondary N) is 1. The second kappa shape index (κ2) is 7.89. The van der Waals surface area contributed by atoms with Gasteiger partial charge in [0.15, 0.2) is 0 Å². The van der Waals surface area contributed by atoms with Crippen LogP contribution in [0.25, 0.3) is 0 Å². The van der Waals surface area contributed by atoms with E-state index >= 15 is 0 Å². The Morgan fingerprint density at radius 2 is 1.82 bits per heavy atom. The third-order valence-corrected chi connectivity index (χ3v) is 3.91. The Morgan fingerprint density at radius 3 is 2.59 bits per heavy atom. The van der Waals surface area contributed by atoms with E-state index in [9.17, 15) is 18.0 Å². The molecule has 0 unspecified atom stereocenters. The SMILES string of the molecule is O=C(CSc1cc(F)ccc1F)NCCc1cccc(F)c1. The van der Waals surface area contributed by atoms with E-state index < -0.39 is 11.6 Å².